The summed E-state index contributed by atoms with van der Waals surface area (Å²) in [5.41, 5.74) is 5.53. The average molecular weight is 438 g/mol. The van der Waals surface area contributed by atoms with E-state index in [1.165, 1.54) is 15.7 Å². The molecule has 0 aliphatic heterocycles. The summed E-state index contributed by atoms with van der Waals surface area (Å²) in [5, 5.41) is 15.8. The SMILES string of the molecule is C=CC(O)(C#Cc1cc(Cl)cc(-n2nc(C(N)=O)c3cccnc32)c1)CCN(C)C=O. The summed E-state index contributed by atoms with van der Waals surface area (Å²) in [6, 6.07) is 8.38. The third-order valence-electron chi connectivity index (χ3n) is 4.59. The molecule has 0 aliphatic rings. The molecule has 1 atom stereocenters. The zero-order chi connectivity index (χ0) is 22.6. The van der Waals surface area contributed by atoms with Crippen LogP contribution >= 0.6 is 11.6 Å². The molecule has 2 amide bonds. The van der Waals surface area contributed by atoms with Gasteiger partial charge in [-0.15, -0.1) is 0 Å². The first-order valence-corrected chi connectivity index (χ1v) is 9.63. The Balaban J connectivity index is 2.02. The number of primary amides is 1. The number of aromatic nitrogens is 3. The normalized spacial score (nSPS) is 12.5. The first-order chi connectivity index (χ1) is 14.8. The molecule has 2 aromatic heterocycles. The fourth-order valence-corrected chi connectivity index (χ4v) is 3.11. The molecule has 31 heavy (non-hydrogen) atoms. The molecule has 3 rings (SSSR count). The number of aliphatic hydroxyl groups is 1. The van der Waals surface area contributed by atoms with E-state index in [9.17, 15) is 14.7 Å². The molecule has 8 nitrogen and oxygen atoms in total. The van der Waals surface area contributed by atoms with Crippen LogP contribution in [0.5, 0.6) is 0 Å². The summed E-state index contributed by atoms with van der Waals surface area (Å²) in [6.45, 7) is 3.94. The zero-order valence-corrected chi connectivity index (χ0v) is 17.5. The largest absolute Gasteiger partial charge is 0.374 e. The van der Waals surface area contributed by atoms with Crippen molar-refractivity contribution >= 4 is 35.0 Å². The highest BCUT2D eigenvalue weighted by Gasteiger charge is 2.20. The van der Waals surface area contributed by atoms with Crippen LogP contribution < -0.4 is 5.73 Å². The van der Waals surface area contributed by atoms with Crippen LogP contribution in [0.1, 0.15) is 22.5 Å². The van der Waals surface area contributed by atoms with Crippen molar-refractivity contribution in [2.75, 3.05) is 13.6 Å². The Bertz CT molecular complexity index is 1230. The van der Waals surface area contributed by atoms with Crippen molar-refractivity contribution in [3.63, 3.8) is 0 Å². The van der Waals surface area contributed by atoms with Gasteiger partial charge < -0.3 is 15.7 Å². The summed E-state index contributed by atoms with van der Waals surface area (Å²) in [7, 11) is 1.61. The summed E-state index contributed by atoms with van der Waals surface area (Å²) in [5.74, 6) is 4.99. The lowest BCUT2D eigenvalue weighted by molar-refractivity contribution is -0.117. The summed E-state index contributed by atoms with van der Waals surface area (Å²) in [6.07, 6.45) is 3.77. The molecule has 0 saturated carbocycles. The molecular formula is C22H20ClN5O3. The molecule has 2 heterocycles. The van der Waals surface area contributed by atoms with Crippen LogP contribution in [0.3, 0.4) is 0 Å². The molecule has 0 bridgehead atoms. The molecule has 0 radical (unpaired) electrons. The predicted molar refractivity (Wildman–Crippen MR) is 118 cm³/mol. The average Bonchev–Trinajstić information content (AvgIpc) is 3.16. The Labute approximate surface area is 183 Å². The van der Waals surface area contributed by atoms with E-state index in [-0.39, 0.29) is 12.1 Å². The van der Waals surface area contributed by atoms with Crippen LogP contribution in [-0.2, 0) is 4.79 Å². The smallest absolute Gasteiger partial charge is 0.269 e. The Morgan fingerprint density at radius 2 is 2.23 bits per heavy atom. The second kappa shape index (κ2) is 9.00. The summed E-state index contributed by atoms with van der Waals surface area (Å²) >= 11 is 6.28. The fraction of sp³-hybridized carbons (Fsp3) is 0.182. The van der Waals surface area contributed by atoms with Gasteiger partial charge in [0.15, 0.2) is 11.3 Å². The number of nitrogens with two attached hydrogens (primary N) is 1. The molecule has 0 fully saturated rings. The molecule has 9 heteroatoms. The highest BCUT2D eigenvalue weighted by atomic mass is 35.5. The molecular weight excluding hydrogens is 418 g/mol. The number of amides is 2. The van der Waals surface area contributed by atoms with Gasteiger partial charge >= 0.3 is 0 Å². The molecule has 0 saturated heterocycles. The van der Waals surface area contributed by atoms with Crippen LogP contribution in [0.15, 0.2) is 49.2 Å². The Morgan fingerprint density at radius 3 is 2.90 bits per heavy atom. The molecule has 0 spiro atoms. The summed E-state index contributed by atoms with van der Waals surface area (Å²) < 4.78 is 1.46. The van der Waals surface area contributed by atoms with E-state index >= 15 is 0 Å². The van der Waals surface area contributed by atoms with Crippen LogP contribution in [0, 0.1) is 11.8 Å². The van der Waals surface area contributed by atoms with E-state index in [2.05, 4.69) is 28.5 Å². The third-order valence-corrected chi connectivity index (χ3v) is 4.81. The summed E-state index contributed by atoms with van der Waals surface area (Å²) in [4.78, 5) is 28.2. The highest BCUT2D eigenvalue weighted by Crippen LogP contribution is 2.23. The van der Waals surface area contributed by atoms with Crippen molar-refractivity contribution in [1.82, 2.24) is 19.7 Å². The van der Waals surface area contributed by atoms with Crippen LogP contribution in [0.2, 0.25) is 5.02 Å². The minimum atomic E-state index is -1.49. The maximum absolute atomic E-state index is 11.8. The van der Waals surface area contributed by atoms with E-state index in [4.69, 9.17) is 17.3 Å². The van der Waals surface area contributed by atoms with Crippen molar-refractivity contribution in [3.05, 3.63) is 65.5 Å². The molecule has 3 aromatic rings. The fourth-order valence-electron chi connectivity index (χ4n) is 2.88. The number of pyridine rings is 1. The quantitative estimate of drug-likeness (QED) is 0.333. The lowest BCUT2D eigenvalue weighted by Crippen LogP contribution is -2.30. The van der Waals surface area contributed by atoms with Gasteiger partial charge in [-0.1, -0.05) is 30.0 Å². The number of carbonyl (C=O) groups is 2. The van der Waals surface area contributed by atoms with Gasteiger partial charge in [0.2, 0.25) is 6.41 Å². The number of hydrogen-bond acceptors (Lipinski definition) is 5. The maximum atomic E-state index is 11.8. The third kappa shape index (κ3) is 4.91. The number of fused-ring (bicyclic) bond motifs is 1. The Kier molecular flexibility index (Phi) is 6.39. The molecule has 0 aliphatic carbocycles. The number of nitrogens with zero attached hydrogens (tertiary/aromatic N) is 4. The molecule has 1 aromatic carbocycles. The topological polar surface area (TPSA) is 114 Å². The van der Waals surface area contributed by atoms with E-state index in [1.807, 2.05) is 0 Å². The van der Waals surface area contributed by atoms with E-state index in [0.29, 0.717) is 40.3 Å². The van der Waals surface area contributed by atoms with Gasteiger partial charge in [0.05, 0.1) is 11.1 Å². The highest BCUT2D eigenvalue weighted by molar-refractivity contribution is 6.30. The number of benzene rings is 1. The van der Waals surface area contributed by atoms with Gasteiger partial charge in [-0.3, -0.25) is 9.59 Å². The lowest BCUT2D eigenvalue weighted by atomic mass is 10.00. The zero-order valence-electron chi connectivity index (χ0n) is 16.7. The maximum Gasteiger partial charge on any atom is 0.269 e. The van der Waals surface area contributed by atoms with Gasteiger partial charge in [0.1, 0.15) is 5.60 Å². The van der Waals surface area contributed by atoms with Crippen molar-refractivity contribution in [2.45, 2.75) is 12.0 Å². The minimum absolute atomic E-state index is 0.0936. The Morgan fingerprint density at radius 1 is 1.45 bits per heavy atom. The van der Waals surface area contributed by atoms with Gasteiger partial charge in [0.25, 0.3) is 5.91 Å². The molecule has 3 N–H and O–H groups in total. The van der Waals surface area contributed by atoms with Crippen molar-refractivity contribution < 1.29 is 14.7 Å². The van der Waals surface area contributed by atoms with Crippen LogP contribution in [0.25, 0.3) is 16.7 Å². The molecule has 1 unspecified atom stereocenters. The van der Waals surface area contributed by atoms with E-state index < -0.39 is 11.5 Å². The monoisotopic (exact) mass is 437 g/mol. The minimum Gasteiger partial charge on any atom is -0.374 e. The predicted octanol–water partition coefficient (Wildman–Crippen LogP) is 1.92. The second-order valence-electron chi connectivity index (χ2n) is 6.91. The first-order valence-electron chi connectivity index (χ1n) is 9.25. The molecule has 158 valence electrons. The van der Waals surface area contributed by atoms with Crippen LogP contribution in [0.4, 0.5) is 0 Å². The number of rotatable bonds is 7. The number of carbonyl (C=O) groups excluding carboxylic acids is 2. The second-order valence-corrected chi connectivity index (χ2v) is 7.35. The van der Waals surface area contributed by atoms with Crippen molar-refractivity contribution in [2.24, 2.45) is 5.73 Å². The van der Waals surface area contributed by atoms with Gasteiger partial charge in [-0.25, -0.2) is 9.67 Å². The van der Waals surface area contributed by atoms with Crippen molar-refractivity contribution in [1.29, 1.82) is 0 Å². The number of hydrogen-bond donors (Lipinski definition) is 2. The van der Waals surface area contributed by atoms with Crippen LogP contribution in [-0.4, -0.2) is 56.3 Å². The van der Waals surface area contributed by atoms with E-state index in [1.54, 1.807) is 43.6 Å². The van der Waals surface area contributed by atoms with Gasteiger partial charge in [-0.2, -0.15) is 5.10 Å². The number of halogens is 1. The van der Waals surface area contributed by atoms with Gasteiger partial charge in [-0.05, 0) is 36.4 Å². The lowest BCUT2D eigenvalue weighted by Gasteiger charge is -2.20. The van der Waals surface area contributed by atoms with Crippen molar-refractivity contribution in [3.8, 4) is 17.5 Å². The Hall–Kier alpha value is -3.67. The van der Waals surface area contributed by atoms with Gasteiger partial charge in [0, 0.05) is 36.8 Å². The first kappa shape index (κ1) is 22.0. The standard InChI is InChI=1S/C22H20ClN5O3/c1-3-22(31,8-10-27(2)14-29)7-6-15-11-16(23)13-17(12-15)28-21-18(5-4-9-25-21)19(26-28)20(24)30/h3-5,9,11-14,31H,1,8,10H2,2H3,(H2,24,30). The van der Waals surface area contributed by atoms with E-state index in [0.717, 1.165) is 0 Å².